The Labute approximate surface area is 184 Å². The van der Waals surface area contributed by atoms with E-state index in [1.165, 1.54) is 11.3 Å². The number of nitrogens with one attached hydrogen (secondary N) is 1. The predicted molar refractivity (Wildman–Crippen MR) is 116 cm³/mol. The van der Waals surface area contributed by atoms with Crippen molar-refractivity contribution in [3.8, 4) is 11.1 Å². The number of aliphatic carboxylic acids is 1. The van der Waals surface area contributed by atoms with E-state index in [1.807, 2.05) is 38.1 Å². The first-order valence-corrected chi connectivity index (χ1v) is 11.2. The van der Waals surface area contributed by atoms with Crippen LogP contribution in [-0.2, 0) is 19.1 Å². The number of benzene rings is 1. The molecule has 0 spiro atoms. The number of thiophene rings is 1. The van der Waals surface area contributed by atoms with E-state index in [0.717, 1.165) is 21.6 Å². The van der Waals surface area contributed by atoms with Gasteiger partial charge >= 0.3 is 11.9 Å². The van der Waals surface area contributed by atoms with Gasteiger partial charge in [0.1, 0.15) is 10.6 Å². The molecule has 8 heteroatoms. The average Bonchev–Trinajstić information content (AvgIpc) is 3.41. The molecule has 1 amide bonds. The maximum atomic E-state index is 13.2. The predicted octanol–water partition coefficient (Wildman–Crippen LogP) is 4.03. The number of hydrogen-bond donors (Lipinski definition) is 2. The number of rotatable bonds is 6. The highest BCUT2D eigenvalue weighted by atomic mass is 32.1. The Hall–Kier alpha value is -2.71. The fraction of sp³-hybridized carbons (Fsp3) is 0.435. The monoisotopic (exact) mass is 443 g/mol. The zero-order valence-electron chi connectivity index (χ0n) is 17.6. The minimum absolute atomic E-state index is 0.204. The minimum Gasteiger partial charge on any atom is -0.481 e. The molecule has 1 aromatic heterocycles. The van der Waals surface area contributed by atoms with Gasteiger partial charge in [-0.2, -0.15) is 0 Å². The molecule has 31 heavy (non-hydrogen) atoms. The molecule has 164 valence electrons. The molecule has 0 aliphatic carbocycles. The Kier molecular flexibility index (Phi) is 5.85. The third-order valence-electron chi connectivity index (χ3n) is 6.00. The molecule has 1 aromatic carbocycles. The number of ether oxygens (including phenoxy) is 2. The molecule has 2 aliphatic rings. The molecule has 4 atom stereocenters. The lowest BCUT2D eigenvalue weighted by atomic mass is 9.78. The first-order chi connectivity index (χ1) is 14.8. The molecule has 2 saturated heterocycles. The van der Waals surface area contributed by atoms with Gasteiger partial charge in [0.05, 0.1) is 30.7 Å². The van der Waals surface area contributed by atoms with Crippen molar-refractivity contribution in [3.63, 3.8) is 0 Å². The number of anilines is 1. The molecule has 2 aromatic rings. The standard InChI is InChI=1S/C23H25NO6S/c1-4-29-23(28)19-16(13-7-5-11(2)6-8-13)12(3)31-21(19)24-20(25)17-14-9-10-15(30-14)18(17)22(26)27/h5-8,14-15,17-18H,4,9-10H2,1-3H3,(H,24,25)(H,26,27)/t14-,15-,17-,18+/m1/s1. The fourth-order valence-electron chi connectivity index (χ4n) is 4.62. The topological polar surface area (TPSA) is 102 Å². The molecule has 0 unspecified atom stereocenters. The summed E-state index contributed by atoms with van der Waals surface area (Å²) in [5.41, 5.74) is 2.98. The highest BCUT2D eigenvalue weighted by Crippen LogP contribution is 2.45. The smallest absolute Gasteiger partial charge is 0.341 e. The molecule has 3 heterocycles. The van der Waals surface area contributed by atoms with Crippen molar-refractivity contribution in [1.82, 2.24) is 0 Å². The van der Waals surface area contributed by atoms with E-state index in [2.05, 4.69) is 5.32 Å². The lowest BCUT2D eigenvalue weighted by Gasteiger charge is -2.23. The van der Waals surface area contributed by atoms with Crippen molar-refractivity contribution in [1.29, 1.82) is 0 Å². The van der Waals surface area contributed by atoms with Crippen molar-refractivity contribution < 1.29 is 29.0 Å². The van der Waals surface area contributed by atoms with Crippen LogP contribution < -0.4 is 5.32 Å². The molecule has 2 N–H and O–H groups in total. The summed E-state index contributed by atoms with van der Waals surface area (Å²) < 4.78 is 11.0. The SMILES string of the molecule is CCOC(=O)c1c(NC(=O)[C@H]2[C@@H](C(=O)O)[C@H]3CC[C@H]2O3)sc(C)c1-c1ccc(C)cc1. The lowest BCUT2D eigenvalue weighted by molar-refractivity contribution is -0.147. The van der Waals surface area contributed by atoms with Crippen molar-refractivity contribution in [3.05, 3.63) is 40.3 Å². The van der Waals surface area contributed by atoms with Crippen LogP contribution in [0.15, 0.2) is 24.3 Å². The second-order valence-corrected chi connectivity index (χ2v) is 9.22. The fourth-order valence-corrected chi connectivity index (χ4v) is 5.69. The van der Waals surface area contributed by atoms with Gasteiger partial charge < -0.3 is 19.9 Å². The van der Waals surface area contributed by atoms with Gasteiger partial charge in [-0.05, 0) is 39.2 Å². The van der Waals surface area contributed by atoms with E-state index < -0.39 is 41.9 Å². The Balaban J connectivity index is 1.70. The van der Waals surface area contributed by atoms with Crippen LogP contribution in [0.25, 0.3) is 11.1 Å². The van der Waals surface area contributed by atoms with Crippen LogP contribution in [0.3, 0.4) is 0 Å². The number of amides is 1. The highest BCUT2D eigenvalue weighted by Gasteiger charge is 2.55. The second kappa shape index (κ2) is 8.43. The molecule has 2 fully saturated rings. The lowest BCUT2D eigenvalue weighted by Crippen LogP contribution is -2.41. The summed E-state index contributed by atoms with van der Waals surface area (Å²) in [6.07, 6.45) is 0.468. The van der Waals surface area contributed by atoms with Crippen LogP contribution >= 0.6 is 11.3 Å². The highest BCUT2D eigenvalue weighted by molar-refractivity contribution is 7.17. The number of carbonyl (C=O) groups excluding carboxylic acids is 2. The Bertz CT molecular complexity index is 1030. The van der Waals surface area contributed by atoms with Gasteiger partial charge in [-0.25, -0.2) is 4.79 Å². The van der Waals surface area contributed by atoms with Crippen LogP contribution in [-0.4, -0.2) is 41.8 Å². The van der Waals surface area contributed by atoms with Gasteiger partial charge in [0.2, 0.25) is 5.91 Å². The van der Waals surface area contributed by atoms with E-state index >= 15 is 0 Å². The first-order valence-electron chi connectivity index (χ1n) is 10.4. The number of carboxylic acid groups (broad SMARTS) is 1. The summed E-state index contributed by atoms with van der Waals surface area (Å²) in [5, 5.41) is 12.8. The number of carbonyl (C=O) groups is 3. The number of esters is 1. The van der Waals surface area contributed by atoms with Crippen LogP contribution in [0.5, 0.6) is 0 Å². The zero-order chi connectivity index (χ0) is 22.3. The molecular weight excluding hydrogens is 418 g/mol. The van der Waals surface area contributed by atoms with Gasteiger partial charge in [-0.3, -0.25) is 9.59 Å². The van der Waals surface area contributed by atoms with Crippen LogP contribution in [0.2, 0.25) is 0 Å². The van der Waals surface area contributed by atoms with Crippen molar-refractivity contribution in [2.75, 3.05) is 11.9 Å². The second-order valence-electron chi connectivity index (χ2n) is 7.99. The molecule has 7 nitrogen and oxygen atoms in total. The summed E-state index contributed by atoms with van der Waals surface area (Å²) in [7, 11) is 0. The molecule has 0 saturated carbocycles. The average molecular weight is 444 g/mol. The summed E-state index contributed by atoms with van der Waals surface area (Å²) in [5.74, 6) is -3.63. The van der Waals surface area contributed by atoms with Crippen LogP contribution in [0.1, 0.15) is 40.6 Å². The van der Waals surface area contributed by atoms with Gasteiger partial charge in [0.15, 0.2) is 0 Å². The molecule has 4 rings (SSSR count). The Morgan fingerprint density at radius 3 is 2.39 bits per heavy atom. The van der Waals surface area contributed by atoms with Crippen molar-refractivity contribution in [2.24, 2.45) is 11.8 Å². The van der Waals surface area contributed by atoms with Gasteiger partial charge in [-0.1, -0.05) is 29.8 Å². The zero-order valence-corrected chi connectivity index (χ0v) is 18.5. The van der Waals surface area contributed by atoms with Crippen LogP contribution in [0.4, 0.5) is 5.00 Å². The van der Waals surface area contributed by atoms with E-state index in [-0.39, 0.29) is 6.61 Å². The normalized spacial score (nSPS) is 24.2. The summed E-state index contributed by atoms with van der Waals surface area (Å²) in [4.78, 5) is 38.6. The summed E-state index contributed by atoms with van der Waals surface area (Å²) >= 11 is 1.29. The number of fused-ring (bicyclic) bond motifs is 2. The van der Waals surface area contributed by atoms with Crippen molar-refractivity contribution >= 4 is 34.2 Å². The van der Waals surface area contributed by atoms with E-state index in [0.29, 0.717) is 23.4 Å². The van der Waals surface area contributed by atoms with Gasteiger partial charge in [0, 0.05) is 10.4 Å². The van der Waals surface area contributed by atoms with Gasteiger partial charge in [0.25, 0.3) is 0 Å². The molecule has 2 aliphatic heterocycles. The molecule has 0 radical (unpaired) electrons. The third kappa shape index (κ3) is 3.85. The maximum absolute atomic E-state index is 13.2. The Morgan fingerprint density at radius 2 is 1.77 bits per heavy atom. The molecule has 2 bridgehead atoms. The number of aryl methyl sites for hydroxylation is 2. The number of carboxylic acids is 1. The summed E-state index contributed by atoms with van der Waals surface area (Å²) in [6, 6.07) is 7.79. The quantitative estimate of drug-likeness (QED) is 0.654. The number of hydrogen-bond acceptors (Lipinski definition) is 6. The largest absolute Gasteiger partial charge is 0.481 e. The third-order valence-corrected chi connectivity index (χ3v) is 7.02. The minimum atomic E-state index is -1.03. The van der Waals surface area contributed by atoms with Crippen LogP contribution in [0, 0.1) is 25.7 Å². The van der Waals surface area contributed by atoms with Gasteiger partial charge in [-0.15, -0.1) is 11.3 Å². The van der Waals surface area contributed by atoms with Crippen molar-refractivity contribution in [2.45, 2.75) is 45.8 Å². The first kappa shape index (κ1) is 21.5. The summed E-state index contributed by atoms with van der Waals surface area (Å²) in [6.45, 7) is 5.80. The van der Waals surface area contributed by atoms with E-state index in [4.69, 9.17) is 9.47 Å². The van der Waals surface area contributed by atoms with E-state index in [9.17, 15) is 19.5 Å². The Morgan fingerprint density at radius 1 is 1.13 bits per heavy atom. The van der Waals surface area contributed by atoms with E-state index in [1.54, 1.807) is 6.92 Å². The maximum Gasteiger partial charge on any atom is 0.341 e. The molecular formula is C23H25NO6S.